The van der Waals surface area contributed by atoms with E-state index in [1.54, 1.807) is 11.0 Å². The molecule has 0 bridgehead atoms. The van der Waals surface area contributed by atoms with Crippen molar-refractivity contribution in [2.24, 2.45) is 0 Å². The minimum atomic E-state index is -4.37. The average molecular weight is 386 g/mol. The molecule has 0 aliphatic carbocycles. The van der Waals surface area contributed by atoms with Crippen LogP contribution in [0.2, 0.25) is 0 Å². The smallest absolute Gasteiger partial charge is 0.416 e. The number of rotatable bonds is 4. The van der Waals surface area contributed by atoms with E-state index >= 15 is 0 Å². The Kier molecular flexibility index (Phi) is 4.66. The molecule has 4 rings (SSSR count). The highest BCUT2D eigenvalue weighted by atomic mass is 19.4. The molecule has 1 aliphatic rings. The molecular formula is C21H17F3N2O2. The van der Waals surface area contributed by atoms with Crippen molar-refractivity contribution in [1.82, 2.24) is 9.88 Å². The van der Waals surface area contributed by atoms with Crippen LogP contribution in [0.1, 0.15) is 11.1 Å². The third-order valence-electron chi connectivity index (χ3n) is 4.70. The van der Waals surface area contributed by atoms with Gasteiger partial charge in [-0.25, -0.2) is 4.98 Å². The molecule has 0 radical (unpaired) electrons. The lowest BCUT2D eigenvalue weighted by atomic mass is 10.1. The van der Waals surface area contributed by atoms with Crippen LogP contribution in [-0.2, 0) is 17.4 Å². The van der Waals surface area contributed by atoms with Gasteiger partial charge in [-0.15, -0.1) is 0 Å². The molecule has 4 nitrogen and oxygen atoms in total. The number of hydrogen-bond acceptors (Lipinski definition) is 3. The van der Waals surface area contributed by atoms with Crippen molar-refractivity contribution < 1.29 is 22.7 Å². The molecule has 0 saturated carbocycles. The van der Waals surface area contributed by atoms with Crippen molar-refractivity contribution in [2.75, 3.05) is 13.1 Å². The van der Waals surface area contributed by atoms with E-state index in [2.05, 4.69) is 4.98 Å². The van der Waals surface area contributed by atoms with Crippen molar-refractivity contribution in [3.8, 4) is 5.88 Å². The number of para-hydroxylation sites is 1. The first-order valence-corrected chi connectivity index (χ1v) is 8.85. The van der Waals surface area contributed by atoms with Crippen molar-refractivity contribution in [2.45, 2.75) is 18.7 Å². The Bertz CT molecular complexity index is 996. The summed E-state index contributed by atoms with van der Waals surface area (Å²) < 4.78 is 43.6. The first kappa shape index (κ1) is 18.3. The first-order valence-electron chi connectivity index (χ1n) is 8.85. The van der Waals surface area contributed by atoms with Gasteiger partial charge in [0, 0.05) is 11.5 Å². The molecular weight excluding hydrogens is 369 g/mol. The third kappa shape index (κ3) is 3.93. The lowest BCUT2D eigenvalue weighted by molar-refractivity contribution is -0.139. The van der Waals surface area contributed by atoms with E-state index in [1.807, 2.05) is 30.3 Å². The van der Waals surface area contributed by atoms with Crippen molar-refractivity contribution in [3.05, 3.63) is 71.8 Å². The average Bonchev–Trinajstić information content (AvgIpc) is 2.64. The SMILES string of the molecule is O=C(Cc1ccc(C(F)(F)F)cc1)N1CC(Oc2ccc3ccccc3n2)C1. The molecule has 3 aromatic rings. The number of benzene rings is 2. The van der Waals surface area contributed by atoms with Crippen LogP contribution in [0.15, 0.2) is 60.7 Å². The number of likely N-dealkylation sites (tertiary alicyclic amines) is 1. The Balaban J connectivity index is 1.30. The second-order valence-electron chi connectivity index (χ2n) is 6.75. The largest absolute Gasteiger partial charge is 0.471 e. The number of hydrogen-bond donors (Lipinski definition) is 0. The zero-order valence-corrected chi connectivity index (χ0v) is 14.8. The summed E-state index contributed by atoms with van der Waals surface area (Å²) in [5, 5.41) is 1.02. The number of amides is 1. The summed E-state index contributed by atoms with van der Waals surface area (Å²) >= 11 is 0. The number of aromatic nitrogens is 1. The van der Waals surface area contributed by atoms with Gasteiger partial charge in [0.1, 0.15) is 6.10 Å². The summed E-state index contributed by atoms with van der Waals surface area (Å²) in [5.74, 6) is 0.379. The molecule has 0 spiro atoms. The van der Waals surface area contributed by atoms with Gasteiger partial charge in [0.15, 0.2) is 0 Å². The third-order valence-corrected chi connectivity index (χ3v) is 4.70. The van der Waals surface area contributed by atoms with Crippen LogP contribution in [0.4, 0.5) is 13.2 Å². The molecule has 0 unspecified atom stereocenters. The van der Waals surface area contributed by atoms with E-state index in [4.69, 9.17) is 4.74 Å². The zero-order chi connectivity index (χ0) is 19.7. The first-order chi connectivity index (χ1) is 13.4. The van der Waals surface area contributed by atoms with Crippen LogP contribution in [0.5, 0.6) is 5.88 Å². The number of carbonyl (C=O) groups excluding carboxylic acids is 1. The van der Waals surface area contributed by atoms with E-state index in [9.17, 15) is 18.0 Å². The van der Waals surface area contributed by atoms with Crippen LogP contribution in [0.3, 0.4) is 0 Å². The minimum Gasteiger partial charge on any atom is -0.471 e. The maximum Gasteiger partial charge on any atom is 0.416 e. The van der Waals surface area contributed by atoms with Gasteiger partial charge in [-0.05, 0) is 29.8 Å². The number of halogens is 3. The summed E-state index contributed by atoms with van der Waals surface area (Å²) in [6.45, 7) is 0.877. The van der Waals surface area contributed by atoms with Gasteiger partial charge in [0.05, 0.1) is 30.6 Å². The highest BCUT2D eigenvalue weighted by molar-refractivity contribution is 5.80. The van der Waals surface area contributed by atoms with Crippen LogP contribution in [0.25, 0.3) is 10.9 Å². The van der Waals surface area contributed by atoms with E-state index in [-0.39, 0.29) is 18.4 Å². The topological polar surface area (TPSA) is 42.4 Å². The zero-order valence-electron chi connectivity index (χ0n) is 14.8. The number of fused-ring (bicyclic) bond motifs is 1. The van der Waals surface area contributed by atoms with Gasteiger partial charge in [-0.3, -0.25) is 4.79 Å². The maximum absolute atomic E-state index is 12.6. The van der Waals surface area contributed by atoms with Crippen LogP contribution in [0, 0.1) is 0 Å². The summed E-state index contributed by atoms with van der Waals surface area (Å²) in [7, 11) is 0. The normalized spacial score (nSPS) is 14.8. The fourth-order valence-electron chi connectivity index (χ4n) is 3.10. The fraction of sp³-hybridized carbons (Fsp3) is 0.238. The second-order valence-corrected chi connectivity index (χ2v) is 6.75. The van der Waals surface area contributed by atoms with Gasteiger partial charge in [0.2, 0.25) is 11.8 Å². The van der Waals surface area contributed by atoms with Gasteiger partial charge < -0.3 is 9.64 Å². The Labute approximate surface area is 159 Å². The maximum atomic E-state index is 12.6. The molecule has 1 aliphatic heterocycles. The summed E-state index contributed by atoms with van der Waals surface area (Å²) in [4.78, 5) is 18.4. The van der Waals surface area contributed by atoms with E-state index in [0.717, 1.165) is 23.0 Å². The van der Waals surface area contributed by atoms with Crippen LogP contribution < -0.4 is 4.74 Å². The standard InChI is InChI=1S/C21H17F3N2O2/c22-21(23,24)16-8-5-14(6-9-16)11-20(27)26-12-17(13-26)28-19-10-7-15-3-1-2-4-18(15)25-19/h1-10,17H,11-13H2. The second kappa shape index (κ2) is 7.14. The number of nitrogens with zero attached hydrogens (tertiary/aromatic N) is 2. The molecule has 28 heavy (non-hydrogen) atoms. The number of carbonyl (C=O) groups is 1. The summed E-state index contributed by atoms with van der Waals surface area (Å²) in [5.41, 5.74) is 0.678. The fourth-order valence-corrected chi connectivity index (χ4v) is 3.10. The molecule has 2 heterocycles. The van der Waals surface area contributed by atoms with E-state index < -0.39 is 11.7 Å². The molecule has 1 saturated heterocycles. The molecule has 144 valence electrons. The highest BCUT2D eigenvalue weighted by Crippen LogP contribution is 2.29. The van der Waals surface area contributed by atoms with E-state index in [1.165, 1.54) is 12.1 Å². The molecule has 2 aromatic carbocycles. The number of ether oxygens (including phenoxy) is 1. The van der Waals surface area contributed by atoms with Gasteiger partial charge in [-0.2, -0.15) is 13.2 Å². The van der Waals surface area contributed by atoms with Gasteiger partial charge in [0.25, 0.3) is 0 Å². The lowest BCUT2D eigenvalue weighted by Crippen LogP contribution is -2.56. The van der Waals surface area contributed by atoms with Crippen molar-refractivity contribution in [3.63, 3.8) is 0 Å². The minimum absolute atomic E-state index is 0.0685. The summed E-state index contributed by atoms with van der Waals surface area (Å²) in [6.07, 6.45) is -4.44. The quantitative estimate of drug-likeness (QED) is 0.678. The van der Waals surface area contributed by atoms with Gasteiger partial charge in [-0.1, -0.05) is 30.3 Å². The number of alkyl halides is 3. The molecule has 0 atom stereocenters. The molecule has 0 N–H and O–H groups in total. The number of pyridine rings is 1. The molecule has 7 heteroatoms. The Morgan fingerprint density at radius 1 is 1.04 bits per heavy atom. The Morgan fingerprint density at radius 2 is 1.75 bits per heavy atom. The van der Waals surface area contributed by atoms with Crippen LogP contribution >= 0.6 is 0 Å². The van der Waals surface area contributed by atoms with Crippen molar-refractivity contribution in [1.29, 1.82) is 0 Å². The monoisotopic (exact) mass is 386 g/mol. The highest BCUT2D eigenvalue weighted by Gasteiger charge is 2.33. The summed E-state index contributed by atoms with van der Waals surface area (Å²) in [6, 6.07) is 16.1. The lowest BCUT2D eigenvalue weighted by Gasteiger charge is -2.38. The van der Waals surface area contributed by atoms with Gasteiger partial charge >= 0.3 is 6.18 Å². The molecule has 1 fully saturated rings. The Morgan fingerprint density at radius 3 is 2.46 bits per heavy atom. The van der Waals surface area contributed by atoms with Crippen LogP contribution in [-0.4, -0.2) is 35.0 Å². The predicted molar refractivity (Wildman–Crippen MR) is 97.9 cm³/mol. The predicted octanol–water partition coefficient (Wildman–Crippen LogP) is 4.09. The molecule has 1 amide bonds. The van der Waals surface area contributed by atoms with E-state index in [0.29, 0.717) is 24.5 Å². The Hall–Kier alpha value is -3.09. The van der Waals surface area contributed by atoms with Crippen molar-refractivity contribution >= 4 is 16.8 Å². The molecule has 1 aromatic heterocycles.